The van der Waals surface area contributed by atoms with Crippen molar-refractivity contribution < 1.29 is 8.42 Å². The summed E-state index contributed by atoms with van der Waals surface area (Å²) in [6.07, 6.45) is 6.03. The van der Waals surface area contributed by atoms with Crippen LogP contribution in [0.5, 0.6) is 0 Å². The lowest BCUT2D eigenvalue weighted by Gasteiger charge is -2.15. The van der Waals surface area contributed by atoms with E-state index in [9.17, 15) is 8.42 Å². The van der Waals surface area contributed by atoms with Crippen molar-refractivity contribution in [2.24, 2.45) is 11.7 Å². The van der Waals surface area contributed by atoms with Gasteiger partial charge < -0.3 is 5.73 Å². The molecule has 3 N–H and O–H groups in total. The molecule has 2 fully saturated rings. The second kappa shape index (κ2) is 4.39. The first kappa shape index (κ1) is 11.4. The summed E-state index contributed by atoms with van der Waals surface area (Å²) in [5, 5.41) is -0.163. The molecule has 1 unspecified atom stereocenters. The standard InChI is InChI=1S/C10H20N2O2S/c11-10(8-5-6-8)7-12-15(13,14)9-3-1-2-4-9/h8-10,12H,1-7,11H2. The normalized spacial score (nSPS) is 25.7. The zero-order valence-electron chi connectivity index (χ0n) is 8.98. The molecule has 5 heteroatoms. The van der Waals surface area contributed by atoms with Gasteiger partial charge in [-0.3, -0.25) is 0 Å². The molecular weight excluding hydrogens is 212 g/mol. The van der Waals surface area contributed by atoms with Crippen molar-refractivity contribution in [1.29, 1.82) is 0 Å². The Morgan fingerprint density at radius 1 is 1.20 bits per heavy atom. The highest BCUT2D eigenvalue weighted by Crippen LogP contribution is 2.31. The fourth-order valence-electron chi connectivity index (χ4n) is 2.22. The second-order valence-electron chi connectivity index (χ2n) is 4.80. The van der Waals surface area contributed by atoms with E-state index in [0.29, 0.717) is 12.5 Å². The summed E-state index contributed by atoms with van der Waals surface area (Å²) in [5.74, 6) is 0.552. The van der Waals surface area contributed by atoms with E-state index in [1.807, 2.05) is 0 Å². The summed E-state index contributed by atoms with van der Waals surface area (Å²) >= 11 is 0. The topological polar surface area (TPSA) is 72.2 Å². The molecule has 1 atom stereocenters. The predicted octanol–water partition coefficient (Wildman–Crippen LogP) is 0.586. The van der Waals surface area contributed by atoms with Gasteiger partial charge in [-0.15, -0.1) is 0 Å². The SMILES string of the molecule is NC(CNS(=O)(=O)C1CCCC1)C1CC1. The van der Waals surface area contributed by atoms with Gasteiger partial charge in [0.25, 0.3) is 0 Å². The minimum absolute atomic E-state index is 0.0150. The van der Waals surface area contributed by atoms with E-state index in [0.717, 1.165) is 38.5 Å². The maximum Gasteiger partial charge on any atom is 0.214 e. The summed E-state index contributed by atoms with van der Waals surface area (Å²) in [7, 11) is -3.09. The Morgan fingerprint density at radius 3 is 2.33 bits per heavy atom. The number of nitrogens with two attached hydrogens (primary N) is 1. The molecule has 0 aliphatic heterocycles. The average molecular weight is 232 g/mol. The summed E-state index contributed by atoms with van der Waals surface area (Å²) in [4.78, 5) is 0. The third-order valence-corrected chi connectivity index (χ3v) is 5.41. The lowest BCUT2D eigenvalue weighted by atomic mass is 10.2. The maximum atomic E-state index is 11.8. The van der Waals surface area contributed by atoms with Gasteiger partial charge in [0.15, 0.2) is 0 Å². The highest BCUT2D eigenvalue weighted by Gasteiger charge is 2.32. The van der Waals surface area contributed by atoms with Gasteiger partial charge in [-0.1, -0.05) is 12.8 Å². The van der Waals surface area contributed by atoms with Gasteiger partial charge in [0, 0.05) is 12.6 Å². The average Bonchev–Trinajstić information content (AvgIpc) is 2.89. The van der Waals surface area contributed by atoms with Gasteiger partial charge in [-0.25, -0.2) is 13.1 Å². The molecule has 0 radical (unpaired) electrons. The third-order valence-electron chi connectivity index (χ3n) is 3.49. The molecule has 15 heavy (non-hydrogen) atoms. The Morgan fingerprint density at radius 2 is 1.80 bits per heavy atom. The zero-order chi connectivity index (χ0) is 10.9. The van der Waals surface area contributed by atoms with Crippen LogP contribution in [0.25, 0.3) is 0 Å². The van der Waals surface area contributed by atoms with E-state index in [4.69, 9.17) is 5.73 Å². The summed E-state index contributed by atoms with van der Waals surface area (Å²) < 4.78 is 26.3. The molecule has 2 aliphatic carbocycles. The Hall–Kier alpha value is -0.130. The minimum Gasteiger partial charge on any atom is -0.326 e. The molecule has 88 valence electrons. The van der Waals surface area contributed by atoms with E-state index < -0.39 is 10.0 Å². The lowest BCUT2D eigenvalue weighted by molar-refractivity contribution is 0.537. The van der Waals surface area contributed by atoms with Crippen LogP contribution in [0.3, 0.4) is 0 Å². The first-order valence-electron chi connectivity index (χ1n) is 5.83. The van der Waals surface area contributed by atoms with Crippen molar-refractivity contribution >= 4 is 10.0 Å². The third kappa shape index (κ3) is 2.92. The first-order chi connectivity index (χ1) is 7.09. The molecule has 0 aromatic rings. The summed E-state index contributed by atoms with van der Waals surface area (Å²) in [6, 6.07) is 0.0150. The minimum atomic E-state index is -3.09. The van der Waals surface area contributed by atoms with Crippen LogP contribution in [0.2, 0.25) is 0 Å². The van der Waals surface area contributed by atoms with Crippen LogP contribution in [-0.4, -0.2) is 26.3 Å². The monoisotopic (exact) mass is 232 g/mol. The molecule has 0 bridgehead atoms. The molecule has 4 nitrogen and oxygen atoms in total. The number of rotatable bonds is 5. The molecule has 2 aliphatic rings. The molecule has 0 saturated heterocycles. The van der Waals surface area contributed by atoms with Crippen LogP contribution in [0.4, 0.5) is 0 Å². The van der Waals surface area contributed by atoms with E-state index in [1.54, 1.807) is 0 Å². The highest BCUT2D eigenvalue weighted by atomic mass is 32.2. The molecule has 0 spiro atoms. The maximum absolute atomic E-state index is 11.8. The van der Waals surface area contributed by atoms with Gasteiger partial charge in [0.1, 0.15) is 0 Å². The lowest BCUT2D eigenvalue weighted by Crippen LogP contribution is -2.41. The van der Waals surface area contributed by atoms with Crippen LogP contribution >= 0.6 is 0 Å². The van der Waals surface area contributed by atoms with E-state index in [-0.39, 0.29) is 11.3 Å². The van der Waals surface area contributed by atoms with E-state index >= 15 is 0 Å². The quantitative estimate of drug-likeness (QED) is 0.728. The van der Waals surface area contributed by atoms with Gasteiger partial charge in [0.2, 0.25) is 10.0 Å². The second-order valence-corrected chi connectivity index (χ2v) is 6.85. The van der Waals surface area contributed by atoms with Crippen LogP contribution in [0, 0.1) is 5.92 Å². The molecule has 0 heterocycles. The molecular formula is C10H20N2O2S. The van der Waals surface area contributed by atoms with Crippen molar-refractivity contribution in [2.45, 2.75) is 49.8 Å². The van der Waals surface area contributed by atoms with E-state index in [1.165, 1.54) is 0 Å². The van der Waals surface area contributed by atoms with Crippen molar-refractivity contribution in [3.05, 3.63) is 0 Å². The zero-order valence-corrected chi connectivity index (χ0v) is 9.80. The van der Waals surface area contributed by atoms with Gasteiger partial charge in [0.05, 0.1) is 5.25 Å². The molecule has 0 aromatic heterocycles. The first-order valence-corrected chi connectivity index (χ1v) is 7.38. The molecule has 0 aromatic carbocycles. The molecule has 0 amide bonds. The van der Waals surface area contributed by atoms with Crippen molar-refractivity contribution in [3.63, 3.8) is 0 Å². The van der Waals surface area contributed by atoms with Crippen LogP contribution in [-0.2, 0) is 10.0 Å². The number of hydrogen-bond donors (Lipinski definition) is 2. The number of sulfonamides is 1. The Bertz CT molecular complexity index is 305. The fraction of sp³-hybridized carbons (Fsp3) is 1.00. The van der Waals surface area contributed by atoms with Crippen molar-refractivity contribution in [2.75, 3.05) is 6.54 Å². The van der Waals surface area contributed by atoms with Gasteiger partial charge in [-0.2, -0.15) is 0 Å². The van der Waals surface area contributed by atoms with Crippen molar-refractivity contribution in [1.82, 2.24) is 4.72 Å². The van der Waals surface area contributed by atoms with E-state index in [2.05, 4.69) is 4.72 Å². The number of hydrogen-bond acceptors (Lipinski definition) is 3. The molecule has 2 saturated carbocycles. The fourth-order valence-corrected chi connectivity index (χ4v) is 3.83. The Kier molecular flexibility index (Phi) is 3.33. The Labute approximate surface area is 91.7 Å². The summed E-state index contributed by atoms with van der Waals surface area (Å²) in [5.41, 5.74) is 5.86. The Balaban J connectivity index is 1.81. The van der Waals surface area contributed by atoms with Crippen LogP contribution in [0.15, 0.2) is 0 Å². The summed E-state index contributed by atoms with van der Waals surface area (Å²) in [6.45, 7) is 0.420. The largest absolute Gasteiger partial charge is 0.326 e. The molecule has 2 rings (SSSR count). The van der Waals surface area contributed by atoms with Crippen LogP contribution < -0.4 is 10.5 Å². The smallest absolute Gasteiger partial charge is 0.214 e. The number of nitrogens with one attached hydrogen (secondary N) is 1. The predicted molar refractivity (Wildman–Crippen MR) is 59.9 cm³/mol. The van der Waals surface area contributed by atoms with Gasteiger partial charge in [-0.05, 0) is 31.6 Å². The van der Waals surface area contributed by atoms with Crippen LogP contribution in [0.1, 0.15) is 38.5 Å². The highest BCUT2D eigenvalue weighted by molar-refractivity contribution is 7.90. The van der Waals surface area contributed by atoms with Gasteiger partial charge >= 0.3 is 0 Å². The van der Waals surface area contributed by atoms with Crippen molar-refractivity contribution in [3.8, 4) is 0 Å².